The molecule has 2 rings (SSSR count). The fraction of sp³-hybridized carbons (Fsp3) is 0.529. The zero-order chi connectivity index (χ0) is 17.2. The van der Waals surface area contributed by atoms with E-state index in [1.165, 1.54) is 0 Å². The van der Waals surface area contributed by atoms with Gasteiger partial charge in [0, 0.05) is 17.6 Å². The number of rotatable bonds is 3. The molecule has 23 heavy (non-hydrogen) atoms. The molecule has 2 atom stereocenters. The quantitative estimate of drug-likeness (QED) is 0.859. The molecule has 0 saturated carbocycles. The molecule has 1 aliphatic rings. The predicted molar refractivity (Wildman–Crippen MR) is 90.4 cm³/mol. The average molecular weight is 384 g/mol. The minimum Gasteiger partial charge on any atom is -0.481 e. The number of carbonyl (C=O) groups is 2. The highest BCUT2D eigenvalue weighted by Gasteiger charge is 2.37. The summed E-state index contributed by atoms with van der Waals surface area (Å²) in [6.45, 7) is 6.39. The number of hydrogen-bond acceptors (Lipinski definition) is 3. The normalized spacial score (nSPS) is 19.5. The molecular formula is C17H22BrNO4. The first-order chi connectivity index (χ1) is 10.7. The van der Waals surface area contributed by atoms with Crippen molar-refractivity contribution in [3.63, 3.8) is 0 Å². The van der Waals surface area contributed by atoms with Crippen molar-refractivity contribution in [2.45, 2.75) is 38.7 Å². The van der Waals surface area contributed by atoms with Crippen LogP contribution in [0.4, 0.5) is 4.79 Å². The second kappa shape index (κ2) is 6.91. The van der Waals surface area contributed by atoms with Gasteiger partial charge in [-0.25, -0.2) is 4.79 Å². The third-order valence-electron chi connectivity index (χ3n) is 3.84. The molecule has 0 radical (unpaired) electrons. The van der Waals surface area contributed by atoms with Crippen LogP contribution in [0.2, 0.25) is 0 Å². The van der Waals surface area contributed by atoms with E-state index in [0.29, 0.717) is 19.5 Å². The minimum atomic E-state index is -0.858. The lowest BCUT2D eigenvalue weighted by Crippen LogP contribution is -2.36. The highest BCUT2D eigenvalue weighted by Crippen LogP contribution is 2.33. The fourth-order valence-corrected chi connectivity index (χ4v) is 3.10. The Morgan fingerprint density at radius 1 is 1.30 bits per heavy atom. The maximum atomic E-state index is 12.1. The lowest BCUT2D eigenvalue weighted by molar-refractivity contribution is -0.140. The van der Waals surface area contributed by atoms with Crippen molar-refractivity contribution < 1.29 is 19.4 Å². The van der Waals surface area contributed by atoms with E-state index in [-0.39, 0.29) is 12.0 Å². The molecule has 0 aromatic heterocycles. The number of benzene rings is 1. The van der Waals surface area contributed by atoms with E-state index in [9.17, 15) is 14.7 Å². The summed E-state index contributed by atoms with van der Waals surface area (Å²) in [5, 5.41) is 9.62. The number of halogens is 1. The Labute approximate surface area is 144 Å². The van der Waals surface area contributed by atoms with E-state index in [4.69, 9.17) is 4.74 Å². The third-order valence-corrected chi connectivity index (χ3v) is 4.37. The molecule has 1 aliphatic heterocycles. The van der Waals surface area contributed by atoms with E-state index >= 15 is 0 Å². The number of carbonyl (C=O) groups excluding carboxylic acids is 1. The second-order valence-electron chi connectivity index (χ2n) is 6.84. The SMILES string of the molecule is CC(C)(C)OC(=O)N1CCC(C(C(=O)O)c2ccc(Br)cc2)C1. The van der Waals surface area contributed by atoms with Crippen molar-refractivity contribution in [1.29, 1.82) is 0 Å². The Kier molecular flexibility index (Phi) is 5.34. The summed E-state index contributed by atoms with van der Waals surface area (Å²) in [5.74, 6) is -1.58. The van der Waals surface area contributed by atoms with Gasteiger partial charge < -0.3 is 14.7 Å². The third kappa shape index (κ3) is 4.70. The van der Waals surface area contributed by atoms with Crippen molar-refractivity contribution in [3.8, 4) is 0 Å². The van der Waals surface area contributed by atoms with Gasteiger partial charge in [-0.2, -0.15) is 0 Å². The molecule has 0 aliphatic carbocycles. The molecule has 2 unspecified atom stereocenters. The zero-order valence-electron chi connectivity index (χ0n) is 13.6. The molecule has 1 heterocycles. The van der Waals surface area contributed by atoms with Gasteiger partial charge in [0.2, 0.25) is 0 Å². The molecule has 6 heteroatoms. The summed E-state index contributed by atoms with van der Waals surface area (Å²) in [4.78, 5) is 25.5. The van der Waals surface area contributed by atoms with E-state index in [2.05, 4.69) is 15.9 Å². The second-order valence-corrected chi connectivity index (χ2v) is 7.76. The molecule has 126 valence electrons. The first-order valence-corrected chi connectivity index (χ1v) is 8.43. The van der Waals surface area contributed by atoms with Gasteiger partial charge in [-0.1, -0.05) is 28.1 Å². The van der Waals surface area contributed by atoms with Crippen LogP contribution in [0.15, 0.2) is 28.7 Å². The Balaban J connectivity index is 2.09. The lowest BCUT2D eigenvalue weighted by Gasteiger charge is -2.25. The van der Waals surface area contributed by atoms with Crippen molar-refractivity contribution in [1.82, 2.24) is 4.90 Å². The topological polar surface area (TPSA) is 66.8 Å². The average Bonchev–Trinajstić information content (AvgIpc) is 2.88. The highest BCUT2D eigenvalue weighted by molar-refractivity contribution is 9.10. The van der Waals surface area contributed by atoms with E-state index in [1.54, 1.807) is 4.90 Å². The maximum absolute atomic E-state index is 12.1. The summed E-state index contributed by atoms with van der Waals surface area (Å²) in [7, 11) is 0. The van der Waals surface area contributed by atoms with Crippen LogP contribution in [0.25, 0.3) is 0 Å². The molecule has 1 aromatic rings. The molecule has 1 aromatic carbocycles. The van der Waals surface area contributed by atoms with Crippen molar-refractivity contribution in [2.24, 2.45) is 5.92 Å². The van der Waals surface area contributed by atoms with E-state index < -0.39 is 17.5 Å². The van der Waals surface area contributed by atoms with Crippen LogP contribution in [-0.4, -0.2) is 40.8 Å². The van der Waals surface area contributed by atoms with Gasteiger partial charge in [-0.05, 0) is 50.8 Å². The summed E-state index contributed by atoms with van der Waals surface area (Å²) in [6, 6.07) is 7.32. The van der Waals surface area contributed by atoms with Gasteiger partial charge in [0.05, 0.1) is 5.92 Å². The van der Waals surface area contributed by atoms with Gasteiger partial charge in [-0.15, -0.1) is 0 Å². The standard InChI is InChI=1S/C17H22BrNO4/c1-17(2,3)23-16(22)19-9-8-12(10-19)14(15(20)21)11-4-6-13(18)7-5-11/h4-7,12,14H,8-10H2,1-3H3,(H,20,21). The van der Waals surface area contributed by atoms with Gasteiger partial charge in [-0.3, -0.25) is 4.79 Å². The van der Waals surface area contributed by atoms with E-state index in [0.717, 1.165) is 10.0 Å². The molecule has 1 fully saturated rings. The summed E-state index contributed by atoms with van der Waals surface area (Å²) >= 11 is 3.35. The highest BCUT2D eigenvalue weighted by atomic mass is 79.9. The predicted octanol–water partition coefficient (Wildman–Crippen LogP) is 3.87. The number of ether oxygens (including phenoxy) is 1. The Hall–Kier alpha value is -1.56. The van der Waals surface area contributed by atoms with Gasteiger partial charge in [0.1, 0.15) is 5.60 Å². The van der Waals surface area contributed by atoms with Crippen molar-refractivity contribution >= 4 is 28.0 Å². The Morgan fingerprint density at radius 2 is 1.91 bits per heavy atom. The van der Waals surface area contributed by atoms with Crippen LogP contribution in [0.5, 0.6) is 0 Å². The summed E-state index contributed by atoms with van der Waals surface area (Å²) in [6.07, 6.45) is 0.284. The summed E-state index contributed by atoms with van der Waals surface area (Å²) < 4.78 is 6.27. The molecule has 1 N–H and O–H groups in total. The lowest BCUT2D eigenvalue weighted by atomic mass is 9.85. The molecule has 1 saturated heterocycles. The Morgan fingerprint density at radius 3 is 2.43 bits per heavy atom. The Bertz CT molecular complexity index is 579. The smallest absolute Gasteiger partial charge is 0.410 e. The number of aliphatic carboxylic acids is 1. The van der Waals surface area contributed by atoms with E-state index in [1.807, 2.05) is 45.0 Å². The first-order valence-electron chi connectivity index (χ1n) is 7.63. The monoisotopic (exact) mass is 383 g/mol. The van der Waals surface area contributed by atoms with Crippen LogP contribution in [0.3, 0.4) is 0 Å². The van der Waals surface area contributed by atoms with Crippen molar-refractivity contribution in [3.05, 3.63) is 34.3 Å². The molecular weight excluding hydrogens is 362 g/mol. The number of carboxylic acid groups (broad SMARTS) is 1. The van der Waals surface area contributed by atoms with Gasteiger partial charge in [0.15, 0.2) is 0 Å². The number of amides is 1. The maximum Gasteiger partial charge on any atom is 0.410 e. The van der Waals surface area contributed by atoms with Crippen LogP contribution >= 0.6 is 15.9 Å². The summed E-state index contributed by atoms with van der Waals surface area (Å²) in [5.41, 5.74) is 0.212. The zero-order valence-corrected chi connectivity index (χ0v) is 15.2. The van der Waals surface area contributed by atoms with Crippen LogP contribution in [0, 0.1) is 5.92 Å². The number of hydrogen-bond donors (Lipinski definition) is 1. The number of nitrogens with zero attached hydrogens (tertiary/aromatic N) is 1. The fourth-order valence-electron chi connectivity index (χ4n) is 2.84. The minimum absolute atomic E-state index is 0.110. The van der Waals surface area contributed by atoms with Crippen LogP contribution < -0.4 is 0 Å². The molecule has 0 bridgehead atoms. The molecule has 0 spiro atoms. The first kappa shape index (κ1) is 17.8. The largest absolute Gasteiger partial charge is 0.481 e. The van der Waals surface area contributed by atoms with Gasteiger partial charge in [0.25, 0.3) is 0 Å². The van der Waals surface area contributed by atoms with Crippen LogP contribution in [-0.2, 0) is 9.53 Å². The molecule has 5 nitrogen and oxygen atoms in total. The van der Waals surface area contributed by atoms with Crippen LogP contribution in [0.1, 0.15) is 38.7 Å². The van der Waals surface area contributed by atoms with Crippen molar-refractivity contribution in [2.75, 3.05) is 13.1 Å². The number of likely N-dealkylation sites (tertiary alicyclic amines) is 1. The molecule has 1 amide bonds. The number of carboxylic acids is 1. The van der Waals surface area contributed by atoms with Gasteiger partial charge >= 0.3 is 12.1 Å².